The molecule has 1 unspecified atom stereocenters. The molecule has 0 spiro atoms. The Bertz CT molecular complexity index is 567. The van der Waals surface area contributed by atoms with Gasteiger partial charge in [-0.15, -0.1) is 0 Å². The maximum atomic E-state index is 4.70. The second-order valence-corrected chi connectivity index (χ2v) is 6.13. The molecule has 1 aliphatic carbocycles. The van der Waals surface area contributed by atoms with Crippen molar-refractivity contribution >= 4 is 0 Å². The number of hydrogen-bond donors (Lipinski definition) is 1. The van der Waals surface area contributed by atoms with Crippen molar-refractivity contribution in [2.45, 2.75) is 44.1 Å². The number of aryl methyl sites for hydroxylation is 1. The molecule has 3 nitrogen and oxygen atoms in total. The molecular weight excluding hydrogens is 258 g/mol. The second kappa shape index (κ2) is 6.02. The largest absolute Gasteiger partial charge is 0.308 e. The van der Waals surface area contributed by atoms with Crippen LogP contribution in [0.4, 0.5) is 0 Å². The molecule has 0 bridgehead atoms. The highest BCUT2D eigenvalue weighted by atomic mass is 15.3. The van der Waals surface area contributed by atoms with Crippen molar-refractivity contribution < 1.29 is 0 Å². The lowest BCUT2D eigenvalue weighted by Gasteiger charge is -2.38. The van der Waals surface area contributed by atoms with Gasteiger partial charge in [0.25, 0.3) is 0 Å². The van der Waals surface area contributed by atoms with Crippen LogP contribution in [0, 0.1) is 0 Å². The van der Waals surface area contributed by atoms with Crippen LogP contribution < -0.4 is 5.32 Å². The van der Waals surface area contributed by atoms with Crippen molar-refractivity contribution in [3.8, 4) is 0 Å². The Kier molecular flexibility index (Phi) is 4.11. The van der Waals surface area contributed by atoms with E-state index in [2.05, 4.69) is 48.6 Å². The van der Waals surface area contributed by atoms with Gasteiger partial charge in [0.2, 0.25) is 0 Å². The Morgan fingerprint density at radius 3 is 2.48 bits per heavy atom. The monoisotopic (exact) mass is 283 g/mol. The summed E-state index contributed by atoms with van der Waals surface area (Å²) in [5, 5.41) is 8.42. The number of benzene rings is 1. The number of hydrogen-bond acceptors (Lipinski definition) is 2. The van der Waals surface area contributed by atoms with E-state index in [1.165, 1.54) is 36.9 Å². The van der Waals surface area contributed by atoms with Gasteiger partial charge >= 0.3 is 0 Å². The van der Waals surface area contributed by atoms with Crippen molar-refractivity contribution in [1.82, 2.24) is 15.1 Å². The fraction of sp³-hybridized carbons (Fsp3) is 0.500. The number of likely N-dealkylation sites (N-methyl/N-ethyl adjacent to an activating group) is 1. The number of rotatable bonds is 5. The third kappa shape index (κ3) is 2.62. The second-order valence-electron chi connectivity index (χ2n) is 6.13. The van der Waals surface area contributed by atoms with Crippen LogP contribution in [-0.2, 0) is 12.5 Å². The first kappa shape index (κ1) is 14.3. The van der Waals surface area contributed by atoms with Gasteiger partial charge in [0.15, 0.2) is 0 Å². The molecule has 3 heteroatoms. The van der Waals surface area contributed by atoms with Gasteiger partial charge in [0, 0.05) is 18.7 Å². The first-order valence-corrected chi connectivity index (χ1v) is 8.05. The van der Waals surface area contributed by atoms with Gasteiger partial charge in [-0.1, -0.05) is 50.1 Å². The molecule has 1 heterocycles. The summed E-state index contributed by atoms with van der Waals surface area (Å²) in [7, 11) is 2.00. The van der Waals surface area contributed by atoms with E-state index in [-0.39, 0.29) is 5.41 Å². The zero-order chi connectivity index (χ0) is 14.7. The first-order chi connectivity index (χ1) is 10.3. The van der Waals surface area contributed by atoms with Crippen LogP contribution in [0.25, 0.3) is 0 Å². The predicted molar refractivity (Wildman–Crippen MR) is 86.2 cm³/mol. The molecule has 0 aliphatic heterocycles. The van der Waals surface area contributed by atoms with Crippen molar-refractivity contribution in [3.63, 3.8) is 0 Å². The average Bonchev–Trinajstić information content (AvgIpc) is 3.16. The lowest BCUT2D eigenvalue weighted by atomic mass is 9.71. The SMILES string of the molecule is CCNC(c1ccn(C)n1)C1(c2ccccc2)CCCC1. The summed E-state index contributed by atoms with van der Waals surface area (Å²) in [5.74, 6) is 0. The number of nitrogens with one attached hydrogen (secondary N) is 1. The topological polar surface area (TPSA) is 29.9 Å². The van der Waals surface area contributed by atoms with Gasteiger partial charge in [-0.05, 0) is 31.0 Å². The molecule has 21 heavy (non-hydrogen) atoms. The van der Waals surface area contributed by atoms with Crippen molar-refractivity contribution in [2.24, 2.45) is 7.05 Å². The smallest absolute Gasteiger partial charge is 0.0802 e. The Labute approximate surface area is 127 Å². The lowest BCUT2D eigenvalue weighted by Crippen LogP contribution is -2.40. The van der Waals surface area contributed by atoms with Crippen molar-refractivity contribution in [3.05, 3.63) is 53.9 Å². The molecule has 0 amide bonds. The van der Waals surface area contributed by atoms with Gasteiger partial charge in [-0.25, -0.2) is 0 Å². The molecule has 0 saturated heterocycles. The first-order valence-electron chi connectivity index (χ1n) is 8.05. The molecule has 1 saturated carbocycles. The van der Waals surface area contributed by atoms with E-state index in [9.17, 15) is 0 Å². The molecule has 1 fully saturated rings. The third-order valence-electron chi connectivity index (χ3n) is 4.84. The minimum absolute atomic E-state index is 0.186. The highest BCUT2D eigenvalue weighted by Gasteiger charge is 2.43. The fourth-order valence-electron chi connectivity index (χ4n) is 3.89. The Balaban J connectivity index is 2.05. The molecule has 1 aliphatic rings. The van der Waals surface area contributed by atoms with Crippen LogP contribution >= 0.6 is 0 Å². The number of nitrogens with zero attached hydrogens (tertiary/aromatic N) is 2. The van der Waals surface area contributed by atoms with Crippen LogP contribution in [0.5, 0.6) is 0 Å². The predicted octanol–water partition coefficient (Wildman–Crippen LogP) is 3.58. The van der Waals surface area contributed by atoms with Gasteiger partial charge in [-0.3, -0.25) is 4.68 Å². The van der Waals surface area contributed by atoms with Gasteiger partial charge in [0.05, 0.1) is 11.7 Å². The van der Waals surface area contributed by atoms with E-state index in [0.29, 0.717) is 6.04 Å². The van der Waals surface area contributed by atoms with Crippen LogP contribution in [0.1, 0.15) is 49.9 Å². The normalized spacial score (nSPS) is 18.8. The van der Waals surface area contributed by atoms with Crippen LogP contribution in [0.3, 0.4) is 0 Å². The summed E-state index contributed by atoms with van der Waals surface area (Å²) in [6.07, 6.45) is 7.15. The van der Waals surface area contributed by atoms with E-state index >= 15 is 0 Å². The molecule has 2 aromatic rings. The summed E-state index contributed by atoms with van der Waals surface area (Å²) in [6, 6.07) is 13.5. The van der Waals surface area contributed by atoms with Crippen molar-refractivity contribution in [2.75, 3.05) is 6.54 Å². The molecule has 3 rings (SSSR count). The Morgan fingerprint density at radius 1 is 1.19 bits per heavy atom. The van der Waals surface area contributed by atoms with Crippen LogP contribution in [-0.4, -0.2) is 16.3 Å². The zero-order valence-electron chi connectivity index (χ0n) is 13.0. The molecule has 1 aromatic carbocycles. The summed E-state index contributed by atoms with van der Waals surface area (Å²) >= 11 is 0. The number of aromatic nitrogens is 2. The minimum atomic E-state index is 0.186. The molecular formula is C18H25N3. The van der Waals surface area contributed by atoms with E-state index in [1.807, 2.05) is 17.9 Å². The van der Waals surface area contributed by atoms with Crippen molar-refractivity contribution in [1.29, 1.82) is 0 Å². The van der Waals surface area contributed by atoms with E-state index in [4.69, 9.17) is 5.10 Å². The zero-order valence-corrected chi connectivity index (χ0v) is 13.0. The van der Waals surface area contributed by atoms with E-state index < -0.39 is 0 Å². The Morgan fingerprint density at radius 2 is 1.90 bits per heavy atom. The molecule has 112 valence electrons. The summed E-state index contributed by atoms with van der Waals surface area (Å²) < 4.78 is 1.91. The van der Waals surface area contributed by atoms with Crippen LogP contribution in [0.2, 0.25) is 0 Å². The Hall–Kier alpha value is -1.61. The van der Waals surface area contributed by atoms with E-state index in [1.54, 1.807) is 0 Å². The molecule has 0 radical (unpaired) electrons. The standard InChI is InChI=1S/C18H25N3/c1-3-19-17(16-11-14-21(2)20-16)18(12-7-8-13-18)15-9-5-4-6-10-15/h4-6,9-11,14,17,19H,3,7-8,12-13H2,1-2H3. The maximum Gasteiger partial charge on any atom is 0.0802 e. The molecule has 1 N–H and O–H groups in total. The summed E-state index contributed by atoms with van der Waals surface area (Å²) in [5.41, 5.74) is 2.82. The molecule has 1 aromatic heterocycles. The van der Waals surface area contributed by atoms with E-state index in [0.717, 1.165) is 6.54 Å². The quantitative estimate of drug-likeness (QED) is 0.909. The minimum Gasteiger partial charge on any atom is -0.308 e. The fourth-order valence-corrected chi connectivity index (χ4v) is 3.89. The highest BCUT2D eigenvalue weighted by molar-refractivity contribution is 5.32. The van der Waals surface area contributed by atoms with Gasteiger partial charge in [-0.2, -0.15) is 5.10 Å². The highest BCUT2D eigenvalue weighted by Crippen LogP contribution is 2.49. The van der Waals surface area contributed by atoms with Crippen LogP contribution in [0.15, 0.2) is 42.6 Å². The summed E-state index contributed by atoms with van der Waals surface area (Å²) in [6.45, 7) is 3.15. The lowest BCUT2D eigenvalue weighted by molar-refractivity contribution is 0.298. The average molecular weight is 283 g/mol. The summed E-state index contributed by atoms with van der Waals surface area (Å²) in [4.78, 5) is 0. The van der Waals surface area contributed by atoms with Gasteiger partial charge < -0.3 is 5.32 Å². The third-order valence-corrected chi connectivity index (χ3v) is 4.84. The maximum absolute atomic E-state index is 4.70. The van der Waals surface area contributed by atoms with Gasteiger partial charge in [0.1, 0.15) is 0 Å². The molecule has 1 atom stereocenters.